The van der Waals surface area contributed by atoms with Crippen molar-refractivity contribution in [3.8, 4) is 0 Å². The Morgan fingerprint density at radius 3 is 2.25 bits per heavy atom. The fourth-order valence-corrected chi connectivity index (χ4v) is 2.54. The van der Waals surface area contributed by atoms with E-state index in [4.69, 9.17) is 0 Å². The van der Waals surface area contributed by atoms with E-state index in [1.54, 1.807) is 19.2 Å². The highest BCUT2D eigenvalue weighted by Gasteiger charge is 2.27. The summed E-state index contributed by atoms with van der Waals surface area (Å²) in [6.07, 6.45) is -4.30. The fourth-order valence-electron chi connectivity index (χ4n) is 2.54. The summed E-state index contributed by atoms with van der Waals surface area (Å²) in [5.74, 6) is 0.715. The van der Waals surface area contributed by atoms with Crippen molar-refractivity contribution in [3.05, 3.63) is 35.4 Å². The molecule has 162 valence electrons. The number of alkyl halides is 3. The van der Waals surface area contributed by atoms with Gasteiger partial charge in [-0.25, -0.2) is 0 Å². The van der Waals surface area contributed by atoms with Crippen LogP contribution in [0.4, 0.5) is 13.2 Å². The van der Waals surface area contributed by atoms with E-state index >= 15 is 0 Å². The first kappa shape index (κ1) is 26.9. The summed E-state index contributed by atoms with van der Waals surface area (Å²) in [6, 6.07) is 7.77. The third-order valence-corrected chi connectivity index (χ3v) is 4.07. The minimum absolute atomic E-state index is 0. The monoisotopic (exact) mass is 516 g/mol. The molecular weight excluding hydrogens is 484 g/mol. The van der Waals surface area contributed by atoms with Crippen molar-refractivity contribution in [2.75, 3.05) is 33.3 Å². The van der Waals surface area contributed by atoms with Gasteiger partial charge in [0.25, 0.3) is 0 Å². The SMILES string of the molecule is CCN(CCNC(=NC)NCc1ccc(COCC(F)(F)F)cc1)C(C)C.I. The highest BCUT2D eigenvalue weighted by molar-refractivity contribution is 14.0. The first-order chi connectivity index (χ1) is 12.7. The average molecular weight is 516 g/mol. The molecule has 0 unspecified atom stereocenters. The molecule has 1 aromatic rings. The van der Waals surface area contributed by atoms with Crippen LogP contribution >= 0.6 is 24.0 Å². The number of ether oxygens (including phenoxy) is 1. The smallest absolute Gasteiger partial charge is 0.367 e. The molecule has 0 aliphatic rings. The zero-order chi connectivity index (χ0) is 20.3. The van der Waals surface area contributed by atoms with Crippen LogP contribution in [0.5, 0.6) is 0 Å². The van der Waals surface area contributed by atoms with Crippen molar-refractivity contribution in [1.82, 2.24) is 15.5 Å². The van der Waals surface area contributed by atoms with Crippen molar-refractivity contribution in [2.45, 2.75) is 46.1 Å². The highest BCUT2D eigenvalue weighted by atomic mass is 127. The van der Waals surface area contributed by atoms with E-state index in [2.05, 4.69) is 46.0 Å². The quantitative estimate of drug-likeness (QED) is 0.283. The van der Waals surface area contributed by atoms with Crippen molar-refractivity contribution in [2.24, 2.45) is 4.99 Å². The number of hydrogen-bond acceptors (Lipinski definition) is 3. The van der Waals surface area contributed by atoms with Crippen molar-refractivity contribution in [1.29, 1.82) is 0 Å². The Balaban J connectivity index is 0.00000729. The van der Waals surface area contributed by atoms with E-state index in [1.807, 2.05) is 12.1 Å². The Morgan fingerprint density at radius 1 is 1.14 bits per heavy atom. The van der Waals surface area contributed by atoms with Gasteiger partial charge in [0.2, 0.25) is 0 Å². The van der Waals surface area contributed by atoms with Gasteiger partial charge in [-0.2, -0.15) is 13.2 Å². The maximum atomic E-state index is 12.1. The predicted octanol–water partition coefficient (Wildman–Crippen LogP) is 3.78. The second-order valence-electron chi connectivity index (χ2n) is 6.50. The van der Waals surface area contributed by atoms with Crippen molar-refractivity contribution < 1.29 is 17.9 Å². The molecule has 0 radical (unpaired) electrons. The number of rotatable bonds is 10. The molecule has 0 saturated heterocycles. The number of benzene rings is 1. The number of guanidine groups is 1. The number of aliphatic imine (C=N–C) groups is 1. The van der Waals surface area contributed by atoms with Gasteiger partial charge in [0.1, 0.15) is 6.61 Å². The maximum absolute atomic E-state index is 12.1. The first-order valence-corrected chi connectivity index (χ1v) is 9.16. The lowest BCUT2D eigenvalue weighted by atomic mass is 10.1. The van der Waals surface area contributed by atoms with Crippen LogP contribution in [0, 0.1) is 0 Å². The molecule has 28 heavy (non-hydrogen) atoms. The molecule has 0 heterocycles. The van der Waals surface area contributed by atoms with Gasteiger partial charge in [0.15, 0.2) is 5.96 Å². The molecule has 0 atom stereocenters. The molecule has 0 aromatic heterocycles. The molecule has 9 heteroatoms. The molecule has 0 aliphatic heterocycles. The fraction of sp³-hybridized carbons (Fsp3) is 0.632. The Labute approximate surface area is 183 Å². The van der Waals surface area contributed by atoms with Crippen molar-refractivity contribution >= 4 is 29.9 Å². The third-order valence-electron chi connectivity index (χ3n) is 4.07. The van der Waals surface area contributed by atoms with Crippen LogP contribution in [0.25, 0.3) is 0 Å². The molecule has 0 spiro atoms. The summed E-state index contributed by atoms with van der Waals surface area (Å²) in [4.78, 5) is 6.56. The van der Waals surface area contributed by atoms with E-state index in [0.29, 0.717) is 24.1 Å². The Bertz CT molecular complexity index is 565. The zero-order valence-electron chi connectivity index (χ0n) is 17.0. The summed E-state index contributed by atoms with van der Waals surface area (Å²) in [6.45, 7) is 8.51. The van der Waals surface area contributed by atoms with Crippen LogP contribution in [0.3, 0.4) is 0 Å². The van der Waals surface area contributed by atoms with E-state index in [1.165, 1.54) is 0 Å². The van der Waals surface area contributed by atoms with E-state index in [9.17, 15) is 13.2 Å². The summed E-state index contributed by atoms with van der Waals surface area (Å²) < 4.78 is 40.9. The van der Waals surface area contributed by atoms with Crippen LogP contribution < -0.4 is 10.6 Å². The van der Waals surface area contributed by atoms with E-state index in [-0.39, 0.29) is 30.6 Å². The molecule has 1 rings (SSSR count). The number of nitrogens with zero attached hydrogens (tertiary/aromatic N) is 2. The van der Waals surface area contributed by atoms with Gasteiger partial charge in [0.05, 0.1) is 6.61 Å². The standard InChI is InChI=1S/C19H31F3N4O.HI/c1-5-26(15(2)3)11-10-24-18(23-4)25-12-16-6-8-17(9-7-16)13-27-14-19(20,21)22;/h6-9,15H,5,10-14H2,1-4H3,(H2,23,24,25);1H. The number of nitrogens with one attached hydrogen (secondary N) is 2. The third kappa shape index (κ3) is 11.7. The minimum atomic E-state index is -4.30. The van der Waals surface area contributed by atoms with Gasteiger partial charge in [-0.15, -0.1) is 24.0 Å². The molecule has 0 amide bonds. The lowest BCUT2D eigenvalue weighted by Gasteiger charge is -2.25. The van der Waals surface area contributed by atoms with Crippen LogP contribution in [-0.4, -0.2) is 56.4 Å². The molecule has 0 saturated carbocycles. The maximum Gasteiger partial charge on any atom is 0.411 e. The summed E-state index contributed by atoms with van der Waals surface area (Å²) in [5, 5.41) is 6.51. The van der Waals surface area contributed by atoms with Crippen molar-refractivity contribution in [3.63, 3.8) is 0 Å². The molecular formula is C19H32F3IN4O. The predicted molar refractivity (Wildman–Crippen MR) is 118 cm³/mol. The Kier molecular flexibility index (Phi) is 13.5. The van der Waals surface area contributed by atoms with Crippen LogP contribution in [0.1, 0.15) is 31.9 Å². The zero-order valence-corrected chi connectivity index (χ0v) is 19.3. The van der Waals surface area contributed by atoms with Gasteiger partial charge < -0.3 is 15.4 Å². The Hall–Kier alpha value is -1.07. The van der Waals surface area contributed by atoms with Crippen LogP contribution in [-0.2, 0) is 17.9 Å². The van der Waals surface area contributed by atoms with E-state index in [0.717, 1.165) is 25.2 Å². The number of likely N-dealkylation sites (N-methyl/N-ethyl adjacent to an activating group) is 1. The second-order valence-corrected chi connectivity index (χ2v) is 6.50. The Morgan fingerprint density at radius 2 is 1.75 bits per heavy atom. The van der Waals surface area contributed by atoms with Gasteiger partial charge in [-0.05, 0) is 31.5 Å². The molecule has 0 aliphatic carbocycles. The van der Waals surface area contributed by atoms with E-state index < -0.39 is 12.8 Å². The summed E-state index contributed by atoms with van der Waals surface area (Å²) in [7, 11) is 1.72. The second kappa shape index (κ2) is 14.0. The largest absolute Gasteiger partial charge is 0.411 e. The van der Waals surface area contributed by atoms with Gasteiger partial charge in [0, 0.05) is 32.7 Å². The number of hydrogen-bond donors (Lipinski definition) is 2. The topological polar surface area (TPSA) is 48.9 Å². The first-order valence-electron chi connectivity index (χ1n) is 9.16. The molecule has 0 bridgehead atoms. The van der Waals surface area contributed by atoms with Gasteiger partial charge >= 0.3 is 6.18 Å². The lowest BCUT2D eigenvalue weighted by molar-refractivity contribution is -0.176. The van der Waals surface area contributed by atoms with Gasteiger partial charge in [-0.1, -0.05) is 31.2 Å². The summed E-state index contributed by atoms with van der Waals surface area (Å²) in [5.41, 5.74) is 1.72. The molecule has 1 aromatic carbocycles. The highest BCUT2D eigenvalue weighted by Crippen LogP contribution is 2.15. The lowest BCUT2D eigenvalue weighted by Crippen LogP contribution is -2.42. The van der Waals surface area contributed by atoms with Crippen LogP contribution in [0.15, 0.2) is 29.3 Å². The molecule has 5 nitrogen and oxygen atoms in total. The summed E-state index contributed by atoms with van der Waals surface area (Å²) >= 11 is 0. The molecule has 0 fully saturated rings. The minimum Gasteiger partial charge on any atom is -0.367 e. The van der Waals surface area contributed by atoms with Crippen LogP contribution in [0.2, 0.25) is 0 Å². The average Bonchev–Trinajstić information content (AvgIpc) is 2.61. The molecule has 2 N–H and O–H groups in total. The number of halogens is 4. The van der Waals surface area contributed by atoms with Gasteiger partial charge in [-0.3, -0.25) is 9.89 Å². The normalized spacial score (nSPS) is 12.2.